The van der Waals surface area contributed by atoms with E-state index in [0.717, 1.165) is 4.90 Å². The minimum atomic E-state index is -1.07. The fourth-order valence-corrected chi connectivity index (χ4v) is 4.08. The number of aliphatic imine (C=N–C) groups is 1. The van der Waals surface area contributed by atoms with Gasteiger partial charge in [0.05, 0.1) is 11.3 Å². The molecular weight excluding hydrogens is 372 g/mol. The van der Waals surface area contributed by atoms with Crippen LogP contribution in [0.1, 0.15) is 15.9 Å². The molecule has 2 heterocycles. The Morgan fingerprint density at radius 3 is 2.73 bits per heavy atom. The summed E-state index contributed by atoms with van der Waals surface area (Å²) < 4.78 is 0.702. The van der Waals surface area contributed by atoms with Gasteiger partial charge in [0.1, 0.15) is 5.71 Å². The second-order valence-electron chi connectivity index (χ2n) is 5.25. The Bertz CT molecular complexity index is 1050. The molecule has 1 amide bonds. The monoisotopic (exact) mass is 382 g/mol. The molecule has 2 N–H and O–H groups in total. The maximum Gasteiger partial charge on any atom is 0.335 e. The molecule has 0 spiro atoms. The van der Waals surface area contributed by atoms with Crippen LogP contribution in [0.15, 0.2) is 62.8 Å². The molecule has 2 aromatic carbocycles. The molecule has 0 atom stereocenters. The zero-order valence-corrected chi connectivity index (χ0v) is 14.7. The number of anilines is 1. The van der Waals surface area contributed by atoms with E-state index in [0.29, 0.717) is 20.7 Å². The van der Waals surface area contributed by atoms with E-state index in [4.69, 9.17) is 5.11 Å². The number of nitrogens with one attached hydrogen (secondary N) is 1. The molecule has 1 aliphatic rings. The van der Waals surface area contributed by atoms with Crippen molar-refractivity contribution in [2.24, 2.45) is 4.99 Å². The van der Waals surface area contributed by atoms with Crippen LogP contribution in [0.2, 0.25) is 0 Å². The molecule has 26 heavy (non-hydrogen) atoms. The van der Waals surface area contributed by atoms with Crippen molar-refractivity contribution in [1.82, 2.24) is 10.2 Å². The van der Waals surface area contributed by atoms with Crippen molar-refractivity contribution in [3.63, 3.8) is 0 Å². The summed E-state index contributed by atoms with van der Waals surface area (Å²) in [5.74, 6) is -1.46. The lowest BCUT2D eigenvalue weighted by atomic mass is 10.1. The van der Waals surface area contributed by atoms with E-state index < -0.39 is 11.9 Å². The van der Waals surface area contributed by atoms with Gasteiger partial charge < -0.3 is 10.4 Å². The molecule has 1 aliphatic heterocycles. The van der Waals surface area contributed by atoms with Crippen LogP contribution in [0, 0.1) is 0 Å². The summed E-state index contributed by atoms with van der Waals surface area (Å²) in [6.45, 7) is 0. The van der Waals surface area contributed by atoms with Crippen LogP contribution in [0.3, 0.4) is 0 Å². The van der Waals surface area contributed by atoms with Gasteiger partial charge in [-0.05, 0) is 30.3 Å². The maximum atomic E-state index is 12.2. The number of aromatic carboxylic acids is 1. The molecule has 3 aromatic rings. The SMILES string of the molecule is O=C1Nc2ccc(C(=O)O)cc2/C1=N/c1nnc(Sc2ccccc2)s1. The third-order valence-corrected chi connectivity index (χ3v) is 5.41. The van der Waals surface area contributed by atoms with Crippen molar-refractivity contribution < 1.29 is 14.7 Å². The lowest BCUT2D eigenvalue weighted by molar-refractivity contribution is -0.110. The van der Waals surface area contributed by atoms with Gasteiger partial charge in [-0.25, -0.2) is 9.79 Å². The summed E-state index contributed by atoms with van der Waals surface area (Å²) in [6, 6.07) is 14.1. The molecule has 0 aliphatic carbocycles. The number of hydrogen-bond donors (Lipinski definition) is 2. The highest BCUT2D eigenvalue weighted by molar-refractivity contribution is 8.01. The van der Waals surface area contributed by atoms with E-state index in [1.807, 2.05) is 30.3 Å². The predicted molar refractivity (Wildman–Crippen MR) is 98.7 cm³/mol. The van der Waals surface area contributed by atoms with Crippen molar-refractivity contribution in [1.29, 1.82) is 0 Å². The van der Waals surface area contributed by atoms with E-state index in [2.05, 4.69) is 20.5 Å². The molecule has 0 bridgehead atoms. The average Bonchev–Trinajstić information content (AvgIpc) is 3.20. The van der Waals surface area contributed by atoms with Gasteiger partial charge in [0.15, 0.2) is 4.34 Å². The summed E-state index contributed by atoms with van der Waals surface area (Å²) in [7, 11) is 0. The number of amides is 1. The lowest BCUT2D eigenvalue weighted by Crippen LogP contribution is -2.14. The number of benzene rings is 2. The van der Waals surface area contributed by atoms with Gasteiger partial charge in [-0.1, -0.05) is 41.3 Å². The summed E-state index contributed by atoms with van der Waals surface area (Å²) in [6.07, 6.45) is 0. The van der Waals surface area contributed by atoms with Gasteiger partial charge in [0, 0.05) is 10.5 Å². The summed E-state index contributed by atoms with van der Waals surface area (Å²) in [5, 5.41) is 20.2. The number of carboxylic acids is 1. The molecule has 0 radical (unpaired) electrons. The number of carbonyl (C=O) groups excluding carboxylic acids is 1. The second kappa shape index (κ2) is 6.70. The van der Waals surface area contributed by atoms with Crippen molar-refractivity contribution in [2.75, 3.05) is 5.32 Å². The van der Waals surface area contributed by atoms with Crippen LogP contribution < -0.4 is 5.32 Å². The van der Waals surface area contributed by atoms with E-state index in [1.165, 1.54) is 35.2 Å². The third kappa shape index (κ3) is 3.22. The minimum Gasteiger partial charge on any atom is -0.478 e. The number of carbonyl (C=O) groups is 2. The summed E-state index contributed by atoms with van der Waals surface area (Å²) in [5.41, 5.74) is 1.20. The molecule has 0 saturated carbocycles. The Labute approximate surface area is 155 Å². The number of nitrogens with zero attached hydrogens (tertiary/aromatic N) is 3. The first-order chi connectivity index (χ1) is 12.6. The van der Waals surface area contributed by atoms with Crippen LogP contribution >= 0.6 is 23.1 Å². The highest BCUT2D eigenvalue weighted by Crippen LogP contribution is 2.34. The zero-order valence-electron chi connectivity index (χ0n) is 13.0. The number of aromatic nitrogens is 2. The first-order valence-electron chi connectivity index (χ1n) is 7.44. The Morgan fingerprint density at radius 2 is 1.96 bits per heavy atom. The molecule has 0 fully saturated rings. The van der Waals surface area contributed by atoms with Crippen LogP contribution in [0.4, 0.5) is 10.8 Å². The fraction of sp³-hybridized carbons (Fsp3) is 0. The highest BCUT2D eigenvalue weighted by atomic mass is 32.2. The first kappa shape index (κ1) is 16.4. The van der Waals surface area contributed by atoms with Crippen LogP contribution in [-0.4, -0.2) is 32.9 Å². The van der Waals surface area contributed by atoms with E-state index >= 15 is 0 Å². The minimum absolute atomic E-state index is 0.0885. The molecule has 9 heteroatoms. The highest BCUT2D eigenvalue weighted by Gasteiger charge is 2.27. The average molecular weight is 382 g/mol. The van der Waals surface area contributed by atoms with Gasteiger partial charge >= 0.3 is 5.97 Å². The Morgan fingerprint density at radius 1 is 1.15 bits per heavy atom. The molecule has 1 aromatic heterocycles. The molecule has 0 saturated heterocycles. The molecule has 128 valence electrons. The molecular formula is C17H10N4O3S2. The predicted octanol–water partition coefficient (Wildman–Crippen LogP) is 3.46. The van der Waals surface area contributed by atoms with Gasteiger partial charge in [0.2, 0.25) is 5.13 Å². The largest absolute Gasteiger partial charge is 0.478 e. The quantitative estimate of drug-likeness (QED) is 0.716. The van der Waals surface area contributed by atoms with Crippen molar-refractivity contribution in [3.05, 3.63) is 59.7 Å². The molecule has 7 nitrogen and oxygen atoms in total. The third-order valence-electron chi connectivity index (χ3n) is 3.54. The normalized spacial score (nSPS) is 14.3. The van der Waals surface area contributed by atoms with Gasteiger partial charge in [0.25, 0.3) is 5.91 Å². The number of hydrogen-bond acceptors (Lipinski definition) is 7. The first-order valence-corrected chi connectivity index (χ1v) is 9.07. The standard InChI is InChI=1S/C17H10N4O3S2/c22-14-13(11-8-9(15(23)24)6-7-12(11)18-14)19-16-20-21-17(26-16)25-10-4-2-1-3-5-10/h1-8H,(H,23,24)(H,18,19,20,22). The number of rotatable bonds is 4. The fourth-order valence-electron chi connectivity index (χ4n) is 2.37. The van der Waals surface area contributed by atoms with E-state index in [9.17, 15) is 9.59 Å². The Hall–Kier alpha value is -3.04. The van der Waals surface area contributed by atoms with Gasteiger partial charge in [-0.3, -0.25) is 4.79 Å². The molecule has 0 unspecified atom stereocenters. The Kier molecular flexibility index (Phi) is 4.23. The van der Waals surface area contributed by atoms with Crippen LogP contribution in [-0.2, 0) is 4.79 Å². The number of carboxylic acid groups (broad SMARTS) is 1. The van der Waals surface area contributed by atoms with Gasteiger partial charge in [-0.15, -0.1) is 10.2 Å². The van der Waals surface area contributed by atoms with Crippen molar-refractivity contribution in [3.8, 4) is 0 Å². The zero-order chi connectivity index (χ0) is 18.1. The van der Waals surface area contributed by atoms with Crippen molar-refractivity contribution in [2.45, 2.75) is 9.24 Å². The topological polar surface area (TPSA) is 105 Å². The lowest BCUT2D eigenvalue weighted by Gasteiger charge is -1.99. The second-order valence-corrected chi connectivity index (χ2v) is 7.52. The summed E-state index contributed by atoms with van der Waals surface area (Å²) in [4.78, 5) is 28.6. The van der Waals surface area contributed by atoms with E-state index in [-0.39, 0.29) is 11.3 Å². The van der Waals surface area contributed by atoms with Crippen LogP contribution in [0.5, 0.6) is 0 Å². The van der Waals surface area contributed by atoms with Gasteiger partial charge in [-0.2, -0.15) is 0 Å². The van der Waals surface area contributed by atoms with Crippen LogP contribution in [0.25, 0.3) is 0 Å². The number of fused-ring (bicyclic) bond motifs is 1. The smallest absolute Gasteiger partial charge is 0.335 e. The maximum absolute atomic E-state index is 12.2. The Balaban J connectivity index is 1.64. The van der Waals surface area contributed by atoms with E-state index in [1.54, 1.807) is 6.07 Å². The summed E-state index contributed by atoms with van der Waals surface area (Å²) >= 11 is 2.72. The molecule has 4 rings (SSSR count). The van der Waals surface area contributed by atoms with Crippen molar-refractivity contribution >= 4 is 51.5 Å².